The zero-order chi connectivity index (χ0) is 14.9. The zero-order valence-electron chi connectivity index (χ0n) is 11.8. The minimum absolute atomic E-state index is 0.134. The van der Waals surface area contributed by atoms with Crippen LogP contribution in [0.5, 0.6) is 0 Å². The number of thioether (sulfide) groups is 1. The van der Waals surface area contributed by atoms with Crippen molar-refractivity contribution in [1.82, 2.24) is 20.9 Å². The SMILES string of the molecule is O=C1NC(=O)C2(CCN(C(=O)CC3CSCCN3)CC2)N1. The van der Waals surface area contributed by atoms with Gasteiger partial charge in [0, 0.05) is 43.6 Å². The molecule has 0 saturated carbocycles. The summed E-state index contributed by atoms with van der Waals surface area (Å²) in [4.78, 5) is 37.2. The lowest BCUT2D eigenvalue weighted by Gasteiger charge is -2.37. The van der Waals surface area contributed by atoms with Gasteiger partial charge in [-0.05, 0) is 12.8 Å². The molecule has 8 heteroatoms. The third kappa shape index (κ3) is 3.01. The maximum atomic E-state index is 12.3. The first-order valence-electron chi connectivity index (χ1n) is 7.32. The van der Waals surface area contributed by atoms with Gasteiger partial charge in [0.25, 0.3) is 5.91 Å². The maximum Gasteiger partial charge on any atom is 0.322 e. The fourth-order valence-corrected chi connectivity index (χ4v) is 4.06. The Kier molecular flexibility index (Phi) is 4.08. The molecule has 0 aromatic carbocycles. The summed E-state index contributed by atoms with van der Waals surface area (Å²) in [5.41, 5.74) is -0.799. The van der Waals surface area contributed by atoms with E-state index in [9.17, 15) is 14.4 Å². The molecule has 0 aromatic heterocycles. The van der Waals surface area contributed by atoms with Gasteiger partial charge in [-0.2, -0.15) is 11.8 Å². The van der Waals surface area contributed by atoms with Crippen LogP contribution in [0.15, 0.2) is 0 Å². The van der Waals surface area contributed by atoms with Crippen molar-refractivity contribution in [2.75, 3.05) is 31.1 Å². The molecule has 3 rings (SSSR count). The molecule has 0 bridgehead atoms. The van der Waals surface area contributed by atoms with Crippen molar-refractivity contribution in [3.63, 3.8) is 0 Å². The van der Waals surface area contributed by atoms with Crippen molar-refractivity contribution in [3.8, 4) is 0 Å². The number of amides is 4. The molecule has 4 amide bonds. The highest BCUT2D eigenvalue weighted by molar-refractivity contribution is 7.99. The fourth-order valence-electron chi connectivity index (χ4n) is 3.11. The normalized spacial score (nSPS) is 28.4. The largest absolute Gasteiger partial charge is 0.342 e. The number of imide groups is 1. The number of urea groups is 1. The first kappa shape index (κ1) is 14.6. The van der Waals surface area contributed by atoms with Gasteiger partial charge in [0.2, 0.25) is 5.91 Å². The first-order chi connectivity index (χ1) is 10.1. The lowest BCUT2D eigenvalue weighted by Crippen LogP contribution is -2.56. The average Bonchev–Trinajstić information content (AvgIpc) is 2.74. The summed E-state index contributed by atoms with van der Waals surface area (Å²) < 4.78 is 0. The second-order valence-corrected chi connectivity index (χ2v) is 6.95. The topological polar surface area (TPSA) is 90.5 Å². The zero-order valence-corrected chi connectivity index (χ0v) is 12.6. The highest BCUT2D eigenvalue weighted by atomic mass is 32.2. The molecule has 3 N–H and O–H groups in total. The smallest absolute Gasteiger partial charge is 0.322 e. The van der Waals surface area contributed by atoms with Gasteiger partial charge in [-0.15, -0.1) is 0 Å². The van der Waals surface area contributed by atoms with E-state index in [0.29, 0.717) is 32.4 Å². The van der Waals surface area contributed by atoms with Crippen LogP contribution in [-0.2, 0) is 9.59 Å². The molecule has 3 heterocycles. The van der Waals surface area contributed by atoms with Crippen LogP contribution in [0.4, 0.5) is 4.79 Å². The molecule has 1 spiro atoms. The third-order valence-electron chi connectivity index (χ3n) is 4.40. The fraction of sp³-hybridized carbons (Fsp3) is 0.769. The van der Waals surface area contributed by atoms with Crippen LogP contribution in [0.3, 0.4) is 0 Å². The molecule has 21 heavy (non-hydrogen) atoms. The van der Waals surface area contributed by atoms with E-state index in [2.05, 4.69) is 16.0 Å². The van der Waals surface area contributed by atoms with Crippen molar-refractivity contribution in [2.24, 2.45) is 0 Å². The van der Waals surface area contributed by atoms with Crippen LogP contribution >= 0.6 is 11.8 Å². The molecule has 3 aliphatic heterocycles. The van der Waals surface area contributed by atoms with Crippen LogP contribution in [0.2, 0.25) is 0 Å². The Labute approximate surface area is 127 Å². The highest BCUT2D eigenvalue weighted by Gasteiger charge is 2.48. The Balaban J connectivity index is 1.52. The Morgan fingerprint density at radius 2 is 2.10 bits per heavy atom. The van der Waals surface area contributed by atoms with Crippen molar-refractivity contribution >= 4 is 29.6 Å². The average molecular weight is 312 g/mol. The van der Waals surface area contributed by atoms with Crippen molar-refractivity contribution in [2.45, 2.75) is 30.8 Å². The number of nitrogens with zero attached hydrogens (tertiary/aromatic N) is 1. The number of hydrogen-bond donors (Lipinski definition) is 3. The van der Waals surface area contributed by atoms with E-state index in [4.69, 9.17) is 0 Å². The van der Waals surface area contributed by atoms with Crippen LogP contribution < -0.4 is 16.0 Å². The van der Waals surface area contributed by atoms with E-state index in [1.807, 2.05) is 16.7 Å². The monoisotopic (exact) mass is 312 g/mol. The van der Waals surface area contributed by atoms with E-state index in [1.54, 1.807) is 0 Å². The molecule has 1 unspecified atom stereocenters. The van der Waals surface area contributed by atoms with E-state index in [0.717, 1.165) is 18.1 Å². The van der Waals surface area contributed by atoms with Gasteiger partial charge >= 0.3 is 6.03 Å². The lowest BCUT2D eigenvalue weighted by atomic mass is 9.87. The molecule has 3 saturated heterocycles. The Bertz CT molecular complexity index is 456. The minimum atomic E-state index is -0.799. The van der Waals surface area contributed by atoms with Gasteiger partial charge in [0.15, 0.2) is 0 Å². The van der Waals surface area contributed by atoms with Crippen LogP contribution in [0, 0.1) is 0 Å². The molecular formula is C13H20N4O3S. The number of nitrogens with one attached hydrogen (secondary N) is 3. The van der Waals surface area contributed by atoms with E-state index in [-0.39, 0.29) is 17.9 Å². The van der Waals surface area contributed by atoms with Gasteiger partial charge in [-0.3, -0.25) is 14.9 Å². The summed E-state index contributed by atoms with van der Waals surface area (Å²) in [6.07, 6.45) is 1.49. The predicted octanol–water partition coefficient (Wildman–Crippen LogP) is -0.718. The molecule has 0 aromatic rings. The van der Waals surface area contributed by atoms with E-state index in [1.165, 1.54) is 0 Å². The summed E-state index contributed by atoms with van der Waals surface area (Å²) in [5, 5.41) is 8.35. The van der Waals surface area contributed by atoms with Crippen LogP contribution in [0.1, 0.15) is 19.3 Å². The first-order valence-corrected chi connectivity index (χ1v) is 8.47. The number of likely N-dealkylation sites (tertiary alicyclic amines) is 1. The number of carbonyl (C=O) groups is 3. The van der Waals surface area contributed by atoms with Gasteiger partial charge in [-0.25, -0.2) is 4.79 Å². The van der Waals surface area contributed by atoms with E-state index >= 15 is 0 Å². The number of carbonyl (C=O) groups excluding carboxylic acids is 3. The number of piperidine rings is 1. The molecule has 7 nitrogen and oxygen atoms in total. The van der Waals surface area contributed by atoms with Crippen LogP contribution in [-0.4, -0.2) is 65.5 Å². The lowest BCUT2D eigenvalue weighted by molar-refractivity contribution is -0.136. The number of hydrogen-bond acceptors (Lipinski definition) is 5. The van der Waals surface area contributed by atoms with Gasteiger partial charge in [0.1, 0.15) is 5.54 Å². The summed E-state index contributed by atoms with van der Waals surface area (Å²) in [6, 6.07) is -0.176. The Morgan fingerprint density at radius 3 is 2.67 bits per heavy atom. The van der Waals surface area contributed by atoms with Crippen molar-refractivity contribution < 1.29 is 14.4 Å². The van der Waals surface area contributed by atoms with Crippen molar-refractivity contribution in [3.05, 3.63) is 0 Å². The van der Waals surface area contributed by atoms with E-state index < -0.39 is 11.6 Å². The third-order valence-corrected chi connectivity index (χ3v) is 5.53. The summed E-state index contributed by atoms with van der Waals surface area (Å²) in [6.45, 7) is 2.00. The second-order valence-electron chi connectivity index (χ2n) is 5.80. The molecule has 0 radical (unpaired) electrons. The molecule has 3 fully saturated rings. The standard InChI is InChI=1S/C13H20N4O3S/c18-10(7-9-8-21-6-3-14-9)17-4-1-13(2-5-17)11(19)15-12(20)16-13/h9,14H,1-8H2,(H2,15,16,19,20). The van der Waals surface area contributed by atoms with Crippen molar-refractivity contribution in [1.29, 1.82) is 0 Å². The summed E-state index contributed by atoms with van der Waals surface area (Å²) in [7, 11) is 0. The molecule has 1 atom stereocenters. The summed E-state index contributed by atoms with van der Waals surface area (Å²) in [5.74, 6) is 1.95. The molecule has 0 aliphatic carbocycles. The molecular weight excluding hydrogens is 292 g/mol. The predicted molar refractivity (Wildman–Crippen MR) is 79.0 cm³/mol. The van der Waals surface area contributed by atoms with Gasteiger partial charge in [0.05, 0.1) is 0 Å². The number of rotatable bonds is 2. The minimum Gasteiger partial charge on any atom is -0.342 e. The molecule has 3 aliphatic rings. The van der Waals surface area contributed by atoms with Gasteiger partial charge in [-0.1, -0.05) is 0 Å². The van der Waals surface area contributed by atoms with Crippen LogP contribution in [0.25, 0.3) is 0 Å². The molecule has 116 valence electrons. The van der Waals surface area contributed by atoms with Gasteiger partial charge < -0.3 is 15.5 Å². The summed E-state index contributed by atoms with van der Waals surface area (Å²) >= 11 is 1.87. The quantitative estimate of drug-likeness (QED) is 0.586. The second kappa shape index (κ2) is 5.84. The highest BCUT2D eigenvalue weighted by Crippen LogP contribution is 2.26. The Hall–Kier alpha value is -1.28. The maximum absolute atomic E-state index is 12.3. The Morgan fingerprint density at radius 1 is 1.33 bits per heavy atom.